The van der Waals surface area contributed by atoms with Gasteiger partial charge in [-0.2, -0.15) is 17.0 Å². The summed E-state index contributed by atoms with van der Waals surface area (Å²) >= 11 is 0. The van der Waals surface area contributed by atoms with Crippen molar-refractivity contribution in [1.29, 1.82) is 0 Å². The van der Waals surface area contributed by atoms with Crippen molar-refractivity contribution in [3.63, 3.8) is 0 Å². The Hall–Kier alpha value is -1.44. The molecular weight excluding hydrogens is 326 g/mol. The number of aryl methyl sites for hydroxylation is 1. The Kier molecular flexibility index (Phi) is 6.01. The molecule has 1 aromatic carbocycles. The number of piperidine rings is 1. The predicted octanol–water partition coefficient (Wildman–Crippen LogP) is 1.69. The second kappa shape index (κ2) is 7.63. The number of carbonyl (C=O) groups is 1. The van der Waals surface area contributed by atoms with Crippen LogP contribution in [0.15, 0.2) is 24.3 Å². The van der Waals surface area contributed by atoms with Crippen LogP contribution in [0, 0.1) is 12.8 Å². The smallest absolute Gasteiger partial charge is 0.281 e. The number of hydrogen-bond donors (Lipinski definition) is 1. The summed E-state index contributed by atoms with van der Waals surface area (Å²) in [5.74, 6) is -0.386. The van der Waals surface area contributed by atoms with Crippen LogP contribution < -0.4 is 5.32 Å². The summed E-state index contributed by atoms with van der Waals surface area (Å²) in [6.45, 7) is 4.68. The summed E-state index contributed by atoms with van der Waals surface area (Å²) in [5, 5.41) is 3.01. The predicted molar refractivity (Wildman–Crippen MR) is 94.6 cm³/mol. The topological polar surface area (TPSA) is 69.7 Å². The van der Waals surface area contributed by atoms with Crippen LogP contribution in [0.5, 0.6) is 0 Å². The van der Waals surface area contributed by atoms with Crippen molar-refractivity contribution in [3.8, 4) is 0 Å². The lowest BCUT2D eigenvalue weighted by atomic mass is 9.97. The second-order valence-electron chi connectivity index (χ2n) is 6.63. The highest BCUT2D eigenvalue weighted by Gasteiger charge is 2.33. The summed E-state index contributed by atoms with van der Waals surface area (Å²) in [6, 6.07) is 7.95. The van der Waals surface area contributed by atoms with E-state index in [1.54, 1.807) is 0 Å². The molecule has 2 unspecified atom stereocenters. The molecule has 0 radical (unpaired) electrons. The molecule has 1 N–H and O–H groups in total. The number of nitrogens with one attached hydrogen (secondary N) is 1. The molecule has 1 aromatic rings. The van der Waals surface area contributed by atoms with Gasteiger partial charge in [0.1, 0.15) is 0 Å². The van der Waals surface area contributed by atoms with Gasteiger partial charge in [-0.1, -0.05) is 29.8 Å². The molecule has 1 heterocycles. The summed E-state index contributed by atoms with van der Waals surface area (Å²) < 4.78 is 27.1. The highest BCUT2D eigenvalue weighted by Crippen LogP contribution is 2.22. The minimum atomic E-state index is -3.47. The van der Waals surface area contributed by atoms with Crippen molar-refractivity contribution in [2.45, 2.75) is 32.7 Å². The maximum absolute atomic E-state index is 12.5. The maximum Gasteiger partial charge on any atom is 0.281 e. The van der Waals surface area contributed by atoms with Crippen LogP contribution in [0.1, 0.15) is 36.9 Å². The third-order valence-electron chi connectivity index (χ3n) is 4.48. The van der Waals surface area contributed by atoms with Crippen molar-refractivity contribution in [2.75, 3.05) is 27.2 Å². The van der Waals surface area contributed by atoms with Crippen molar-refractivity contribution in [2.24, 2.45) is 5.92 Å². The van der Waals surface area contributed by atoms with Gasteiger partial charge in [-0.3, -0.25) is 4.79 Å². The zero-order valence-corrected chi connectivity index (χ0v) is 15.6. The minimum absolute atomic E-state index is 0.0817. The van der Waals surface area contributed by atoms with E-state index in [4.69, 9.17) is 0 Å². The molecule has 1 aliphatic rings. The fourth-order valence-electron chi connectivity index (χ4n) is 2.87. The van der Waals surface area contributed by atoms with Crippen LogP contribution in [0.4, 0.5) is 0 Å². The highest BCUT2D eigenvalue weighted by molar-refractivity contribution is 7.86. The summed E-state index contributed by atoms with van der Waals surface area (Å²) in [6.07, 6.45) is 1.41. The summed E-state index contributed by atoms with van der Waals surface area (Å²) in [5.41, 5.74) is 2.22. The van der Waals surface area contributed by atoms with Gasteiger partial charge in [0.05, 0.1) is 12.0 Å². The van der Waals surface area contributed by atoms with E-state index >= 15 is 0 Å². The van der Waals surface area contributed by atoms with E-state index in [1.807, 2.05) is 38.1 Å². The molecule has 24 heavy (non-hydrogen) atoms. The molecule has 2 rings (SSSR count). The number of benzene rings is 1. The standard InChI is InChI=1S/C17H27N3O3S/c1-13-7-9-15(10-8-13)14(2)18-17(21)16-6-5-11-20(12-16)24(22,23)19(3)4/h7-10,14,16H,5-6,11-12H2,1-4H3,(H,18,21). The molecule has 1 amide bonds. The lowest BCUT2D eigenvalue weighted by Crippen LogP contribution is -2.49. The Balaban J connectivity index is 2.00. The quantitative estimate of drug-likeness (QED) is 0.876. The third-order valence-corrected chi connectivity index (χ3v) is 6.39. The molecule has 1 fully saturated rings. The van der Waals surface area contributed by atoms with Crippen LogP contribution in [0.3, 0.4) is 0 Å². The lowest BCUT2D eigenvalue weighted by Gasteiger charge is -2.33. The number of carbonyl (C=O) groups excluding carboxylic acids is 1. The zero-order chi connectivity index (χ0) is 17.9. The Morgan fingerprint density at radius 1 is 1.29 bits per heavy atom. The molecule has 1 aliphatic heterocycles. The van der Waals surface area contributed by atoms with E-state index in [9.17, 15) is 13.2 Å². The average Bonchev–Trinajstić information content (AvgIpc) is 2.55. The number of amides is 1. The van der Waals surface area contributed by atoms with Crippen molar-refractivity contribution < 1.29 is 13.2 Å². The van der Waals surface area contributed by atoms with E-state index in [0.717, 1.165) is 5.56 Å². The summed E-state index contributed by atoms with van der Waals surface area (Å²) in [4.78, 5) is 12.5. The molecule has 0 spiro atoms. The van der Waals surface area contributed by atoms with Gasteiger partial charge in [0.25, 0.3) is 10.2 Å². The monoisotopic (exact) mass is 353 g/mol. The van der Waals surface area contributed by atoms with Crippen LogP contribution in [0.25, 0.3) is 0 Å². The highest BCUT2D eigenvalue weighted by atomic mass is 32.2. The first-order valence-corrected chi connectivity index (χ1v) is 9.66. The lowest BCUT2D eigenvalue weighted by molar-refractivity contribution is -0.126. The van der Waals surface area contributed by atoms with E-state index < -0.39 is 10.2 Å². The molecule has 1 saturated heterocycles. The number of hydrogen-bond acceptors (Lipinski definition) is 3. The van der Waals surface area contributed by atoms with Gasteiger partial charge in [-0.05, 0) is 32.3 Å². The van der Waals surface area contributed by atoms with Gasteiger partial charge in [0.15, 0.2) is 0 Å². The van der Waals surface area contributed by atoms with Gasteiger partial charge in [0.2, 0.25) is 5.91 Å². The van der Waals surface area contributed by atoms with Crippen molar-refractivity contribution in [3.05, 3.63) is 35.4 Å². The first-order chi connectivity index (χ1) is 11.2. The second-order valence-corrected chi connectivity index (χ2v) is 8.77. The molecule has 0 saturated carbocycles. The molecule has 0 aliphatic carbocycles. The summed E-state index contributed by atoms with van der Waals surface area (Å²) in [7, 11) is -0.440. The van der Waals surface area contributed by atoms with Gasteiger partial charge >= 0.3 is 0 Å². The Bertz CT molecular complexity index is 671. The maximum atomic E-state index is 12.5. The zero-order valence-electron chi connectivity index (χ0n) is 14.8. The first kappa shape index (κ1) is 18.9. The van der Waals surface area contributed by atoms with Crippen molar-refractivity contribution in [1.82, 2.24) is 13.9 Å². The van der Waals surface area contributed by atoms with Gasteiger partial charge < -0.3 is 5.32 Å². The molecule has 0 bridgehead atoms. The van der Waals surface area contributed by atoms with Crippen LogP contribution in [-0.4, -0.2) is 50.1 Å². The van der Waals surface area contributed by atoms with E-state index in [-0.39, 0.29) is 24.4 Å². The average molecular weight is 353 g/mol. The Morgan fingerprint density at radius 3 is 2.50 bits per heavy atom. The molecule has 6 nitrogen and oxygen atoms in total. The van der Waals surface area contributed by atoms with Gasteiger partial charge in [-0.15, -0.1) is 0 Å². The molecule has 2 atom stereocenters. The minimum Gasteiger partial charge on any atom is -0.349 e. The SMILES string of the molecule is Cc1ccc(C(C)NC(=O)C2CCCN(S(=O)(=O)N(C)C)C2)cc1. The van der Waals surface area contributed by atoms with Gasteiger partial charge in [0, 0.05) is 27.2 Å². The number of rotatable bonds is 5. The van der Waals surface area contributed by atoms with Crippen LogP contribution in [-0.2, 0) is 15.0 Å². The van der Waals surface area contributed by atoms with Crippen molar-refractivity contribution >= 4 is 16.1 Å². The number of nitrogens with zero attached hydrogens (tertiary/aromatic N) is 2. The fraction of sp³-hybridized carbons (Fsp3) is 0.588. The Labute approximate surface area is 145 Å². The largest absolute Gasteiger partial charge is 0.349 e. The third kappa shape index (κ3) is 4.34. The van der Waals surface area contributed by atoms with Crippen LogP contribution in [0.2, 0.25) is 0 Å². The fourth-order valence-corrected chi connectivity index (χ4v) is 4.06. The van der Waals surface area contributed by atoms with E-state index in [2.05, 4.69) is 5.32 Å². The van der Waals surface area contributed by atoms with E-state index in [0.29, 0.717) is 19.4 Å². The normalized spacial score (nSPS) is 20.8. The first-order valence-electron chi connectivity index (χ1n) is 8.26. The molecule has 0 aromatic heterocycles. The molecular formula is C17H27N3O3S. The van der Waals surface area contributed by atoms with Gasteiger partial charge in [-0.25, -0.2) is 0 Å². The van der Waals surface area contributed by atoms with Crippen LogP contribution >= 0.6 is 0 Å². The molecule has 7 heteroatoms. The molecule has 134 valence electrons. The Morgan fingerprint density at radius 2 is 1.92 bits per heavy atom. The van der Waals surface area contributed by atoms with E-state index in [1.165, 1.54) is 28.3 Å².